The van der Waals surface area contributed by atoms with E-state index in [-0.39, 0.29) is 0 Å². The van der Waals surface area contributed by atoms with E-state index < -0.39 is 7.38 Å². The first kappa shape index (κ1) is 13.7. The monoisotopic (exact) mass is 312 g/mol. The van der Waals surface area contributed by atoms with Gasteiger partial charge in [0.2, 0.25) is 0 Å². The van der Waals surface area contributed by atoms with Crippen molar-refractivity contribution in [1.29, 1.82) is 0 Å². The summed E-state index contributed by atoms with van der Waals surface area (Å²) in [6, 6.07) is 0. The lowest BCUT2D eigenvalue weighted by molar-refractivity contribution is 0.607. The molecule has 6 atom stereocenters. The predicted octanol–water partition coefficient (Wildman–Crippen LogP) is 5.38. The molecule has 0 radical (unpaired) electrons. The van der Waals surface area contributed by atoms with Gasteiger partial charge in [0.05, 0.1) is 0 Å². The van der Waals surface area contributed by atoms with Crippen molar-refractivity contribution in [3.63, 3.8) is 0 Å². The molecule has 0 spiro atoms. The Morgan fingerprint density at radius 2 is 1.38 bits per heavy atom. The van der Waals surface area contributed by atoms with Crippen LogP contribution >= 0.6 is 11.1 Å². The van der Waals surface area contributed by atoms with Crippen LogP contribution in [-0.4, -0.2) is 7.38 Å². The molecule has 4 rings (SSSR count). The molecule has 0 nitrogen and oxygen atoms in total. The highest BCUT2D eigenvalue weighted by Crippen LogP contribution is 2.66. The van der Waals surface area contributed by atoms with Crippen molar-refractivity contribution in [1.82, 2.24) is 0 Å². The first-order chi connectivity index (χ1) is 10.1. The van der Waals surface area contributed by atoms with Crippen molar-refractivity contribution >= 4 is 18.5 Å². The number of rotatable bonds is 2. The standard InChI is InChI=1S/C19H21ClSi/c1-4-12-10-14-6-8-16(12)18(14)21(3,20)19-15-7-9-17(19)13(5-2)11-15/h6-9,14-19H,1-2,10-11H2,3H3. The second kappa shape index (κ2) is 4.51. The van der Waals surface area contributed by atoms with Crippen molar-refractivity contribution in [3.8, 4) is 0 Å². The second-order valence-corrected chi connectivity index (χ2v) is 13.2. The van der Waals surface area contributed by atoms with Crippen LogP contribution in [0.5, 0.6) is 0 Å². The van der Waals surface area contributed by atoms with Crippen LogP contribution in [0.4, 0.5) is 0 Å². The number of fused-ring (bicyclic) bond motifs is 4. The number of allylic oxidation sites excluding steroid dienone is 6. The summed E-state index contributed by atoms with van der Waals surface area (Å²) in [6.07, 6.45) is 11.8. The van der Waals surface area contributed by atoms with E-state index in [0.717, 1.165) is 12.8 Å². The molecule has 0 heterocycles. The molecule has 2 fully saturated rings. The van der Waals surface area contributed by atoms with Gasteiger partial charge in [-0.3, -0.25) is 0 Å². The molecule has 4 bridgehead atoms. The Bertz CT molecular complexity index is 599. The van der Waals surface area contributed by atoms with Crippen LogP contribution in [0.1, 0.15) is 12.8 Å². The fourth-order valence-corrected chi connectivity index (χ4v) is 11.9. The minimum atomic E-state index is -1.91. The maximum atomic E-state index is 7.39. The molecule has 108 valence electrons. The zero-order chi connectivity index (χ0) is 14.8. The fourth-order valence-electron chi connectivity index (χ4n) is 5.51. The van der Waals surface area contributed by atoms with E-state index >= 15 is 0 Å². The van der Waals surface area contributed by atoms with Crippen LogP contribution < -0.4 is 0 Å². The summed E-state index contributed by atoms with van der Waals surface area (Å²) in [4.78, 5) is 0. The lowest BCUT2D eigenvalue weighted by Crippen LogP contribution is -2.40. The molecule has 0 aromatic heterocycles. The van der Waals surface area contributed by atoms with E-state index in [1.54, 1.807) is 0 Å². The van der Waals surface area contributed by atoms with Gasteiger partial charge in [0.15, 0.2) is 7.38 Å². The highest BCUT2D eigenvalue weighted by atomic mass is 35.6. The van der Waals surface area contributed by atoms with Crippen molar-refractivity contribution in [2.75, 3.05) is 0 Å². The average Bonchev–Trinajstić information content (AvgIpc) is 3.23. The van der Waals surface area contributed by atoms with Crippen LogP contribution in [0.3, 0.4) is 0 Å². The predicted molar refractivity (Wildman–Crippen MR) is 91.8 cm³/mol. The molecule has 2 heteroatoms. The SMILES string of the molecule is C=C=C1CC2C=CC1C2[Si](C)(Cl)C1C2C=CC1C(=C=C)C2. The van der Waals surface area contributed by atoms with Gasteiger partial charge in [-0.15, -0.1) is 11.5 Å². The molecule has 4 aliphatic carbocycles. The van der Waals surface area contributed by atoms with Crippen molar-refractivity contribution in [3.05, 3.63) is 60.1 Å². The van der Waals surface area contributed by atoms with Crippen LogP contribution in [0.2, 0.25) is 17.6 Å². The Labute approximate surface area is 133 Å². The topological polar surface area (TPSA) is 0 Å². The molecule has 0 aromatic rings. The maximum Gasteiger partial charge on any atom is 0.162 e. The van der Waals surface area contributed by atoms with Gasteiger partial charge in [-0.05, 0) is 46.9 Å². The Morgan fingerprint density at radius 3 is 1.71 bits per heavy atom. The summed E-state index contributed by atoms with van der Waals surface area (Å²) in [6.45, 7) is 10.2. The zero-order valence-corrected chi connectivity index (χ0v) is 14.2. The third-order valence-electron chi connectivity index (χ3n) is 6.30. The third kappa shape index (κ3) is 1.70. The minimum Gasteiger partial charge on any atom is -0.167 e. The van der Waals surface area contributed by atoms with Crippen LogP contribution in [0.15, 0.2) is 60.1 Å². The molecule has 0 N–H and O–H groups in total. The summed E-state index contributed by atoms with van der Waals surface area (Å²) in [5, 5.41) is 0. The first-order valence-corrected chi connectivity index (χ1v) is 11.6. The van der Waals surface area contributed by atoms with Gasteiger partial charge in [-0.25, -0.2) is 0 Å². The summed E-state index contributed by atoms with van der Waals surface area (Å²) >= 11 is 7.39. The van der Waals surface area contributed by atoms with E-state index in [4.69, 9.17) is 11.1 Å². The lowest BCUT2D eigenvalue weighted by atomic mass is 10.0. The minimum absolute atomic E-state index is 0.512. The number of halogens is 1. The summed E-state index contributed by atoms with van der Waals surface area (Å²) < 4.78 is 0. The van der Waals surface area contributed by atoms with Gasteiger partial charge in [0.1, 0.15) is 0 Å². The quantitative estimate of drug-likeness (QED) is 0.278. The van der Waals surface area contributed by atoms with Gasteiger partial charge in [0, 0.05) is 11.8 Å². The highest BCUT2D eigenvalue weighted by molar-refractivity contribution is 7.21. The van der Waals surface area contributed by atoms with Crippen LogP contribution in [0.25, 0.3) is 0 Å². The number of hydrogen-bond acceptors (Lipinski definition) is 0. The lowest BCUT2D eigenvalue weighted by Gasteiger charge is -2.38. The van der Waals surface area contributed by atoms with Crippen molar-refractivity contribution in [2.24, 2.45) is 23.7 Å². The van der Waals surface area contributed by atoms with Gasteiger partial charge in [-0.2, -0.15) is 11.1 Å². The zero-order valence-electron chi connectivity index (χ0n) is 12.5. The molecular weight excluding hydrogens is 292 g/mol. The summed E-state index contributed by atoms with van der Waals surface area (Å²) in [7, 11) is -1.91. The van der Waals surface area contributed by atoms with E-state index in [9.17, 15) is 0 Å². The molecule has 2 saturated carbocycles. The number of hydrogen-bond donors (Lipinski definition) is 0. The Kier molecular flexibility index (Phi) is 2.94. The van der Waals surface area contributed by atoms with Crippen molar-refractivity contribution in [2.45, 2.75) is 30.5 Å². The Morgan fingerprint density at radius 1 is 0.952 bits per heavy atom. The van der Waals surface area contributed by atoms with E-state index in [1.165, 1.54) is 11.1 Å². The Balaban J connectivity index is 1.70. The van der Waals surface area contributed by atoms with E-state index in [2.05, 4.69) is 55.5 Å². The Hall–Kier alpha value is -0.973. The van der Waals surface area contributed by atoms with Crippen LogP contribution in [-0.2, 0) is 0 Å². The maximum absolute atomic E-state index is 7.39. The van der Waals surface area contributed by atoms with Gasteiger partial charge in [0.25, 0.3) is 0 Å². The molecule has 6 unspecified atom stereocenters. The third-order valence-corrected chi connectivity index (χ3v) is 12.0. The van der Waals surface area contributed by atoms with Crippen LogP contribution in [0, 0.1) is 23.7 Å². The van der Waals surface area contributed by atoms with E-state index in [0.29, 0.717) is 34.8 Å². The fraction of sp³-hybridized carbons (Fsp3) is 0.474. The summed E-state index contributed by atoms with van der Waals surface area (Å²) in [5.41, 5.74) is 10.4. The summed E-state index contributed by atoms with van der Waals surface area (Å²) in [5.74, 6) is 2.28. The largest absolute Gasteiger partial charge is 0.167 e. The average molecular weight is 313 g/mol. The first-order valence-electron chi connectivity index (χ1n) is 7.91. The van der Waals surface area contributed by atoms with Gasteiger partial charge in [-0.1, -0.05) is 44.0 Å². The molecule has 0 saturated heterocycles. The molecule has 0 amide bonds. The molecule has 0 aliphatic heterocycles. The molecular formula is C19H21ClSi. The molecule has 21 heavy (non-hydrogen) atoms. The molecule has 4 aliphatic rings. The molecule has 0 aromatic carbocycles. The highest BCUT2D eigenvalue weighted by Gasteiger charge is 2.60. The smallest absolute Gasteiger partial charge is 0.162 e. The van der Waals surface area contributed by atoms with Crippen molar-refractivity contribution < 1.29 is 0 Å². The second-order valence-electron chi connectivity index (χ2n) is 7.16. The van der Waals surface area contributed by atoms with Gasteiger partial charge >= 0.3 is 0 Å². The normalized spacial score (nSPS) is 45.0. The van der Waals surface area contributed by atoms with E-state index in [1.807, 2.05) is 0 Å². The van der Waals surface area contributed by atoms with Gasteiger partial charge < -0.3 is 0 Å².